The maximum Gasteiger partial charge on any atom is 0.316 e. The third kappa shape index (κ3) is 2.76. The van der Waals surface area contributed by atoms with E-state index in [4.69, 9.17) is 9.15 Å². The van der Waals surface area contributed by atoms with E-state index < -0.39 is 0 Å². The number of imidazole rings is 1. The van der Waals surface area contributed by atoms with Gasteiger partial charge in [0.05, 0.1) is 25.0 Å². The molecule has 0 saturated carbocycles. The molecule has 0 fully saturated rings. The van der Waals surface area contributed by atoms with E-state index in [0.29, 0.717) is 31.2 Å². The highest BCUT2D eigenvalue weighted by Gasteiger charge is 2.16. The number of anilines is 1. The number of nitrogens with zero attached hydrogens (tertiary/aromatic N) is 4. The van der Waals surface area contributed by atoms with Crippen LogP contribution in [0.1, 0.15) is 17.1 Å². The number of ether oxygens (including phenoxy) is 1. The van der Waals surface area contributed by atoms with Gasteiger partial charge in [0.2, 0.25) is 5.89 Å². The lowest BCUT2D eigenvalue weighted by molar-refractivity contribution is 0.0807. The summed E-state index contributed by atoms with van der Waals surface area (Å²) in [4.78, 5) is 4.33. The topological polar surface area (TPSA) is 78.0 Å². The number of hydrogen-bond donors (Lipinski definition) is 1. The van der Waals surface area contributed by atoms with Gasteiger partial charge in [0.1, 0.15) is 18.2 Å². The van der Waals surface area contributed by atoms with Crippen molar-refractivity contribution in [2.45, 2.75) is 26.6 Å². The molecule has 24 heavy (non-hydrogen) atoms. The van der Waals surface area contributed by atoms with E-state index in [9.17, 15) is 4.39 Å². The lowest BCUT2D eigenvalue weighted by Crippen LogP contribution is -2.19. The Morgan fingerprint density at radius 1 is 1.33 bits per heavy atom. The van der Waals surface area contributed by atoms with Crippen molar-refractivity contribution in [3.05, 3.63) is 47.3 Å². The average Bonchev–Trinajstić information content (AvgIpc) is 3.22. The van der Waals surface area contributed by atoms with Crippen molar-refractivity contribution in [1.29, 1.82) is 0 Å². The van der Waals surface area contributed by atoms with Crippen LogP contribution in [0.5, 0.6) is 0 Å². The van der Waals surface area contributed by atoms with Crippen molar-refractivity contribution in [3.8, 4) is 11.5 Å². The van der Waals surface area contributed by atoms with E-state index in [2.05, 4.69) is 25.1 Å². The van der Waals surface area contributed by atoms with E-state index in [0.717, 1.165) is 23.6 Å². The van der Waals surface area contributed by atoms with Gasteiger partial charge in [0.25, 0.3) is 0 Å². The second-order valence-electron chi connectivity index (χ2n) is 5.60. The molecule has 1 aromatic carbocycles. The van der Waals surface area contributed by atoms with E-state index in [-0.39, 0.29) is 11.8 Å². The largest absolute Gasteiger partial charge is 0.403 e. The predicted molar refractivity (Wildman–Crippen MR) is 83.6 cm³/mol. The minimum Gasteiger partial charge on any atom is -0.403 e. The van der Waals surface area contributed by atoms with Crippen molar-refractivity contribution in [2.75, 3.05) is 11.9 Å². The first-order valence-corrected chi connectivity index (χ1v) is 7.65. The van der Waals surface area contributed by atoms with E-state index >= 15 is 0 Å². The number of benzene rings is 1. The highest BCUT2D eigenvalue weighted by Crippen LogP contribution is 2.24. The van der Waals surface area contributed by atoms with Crippen LogP contribution < -0.4 is 5.32 Å². The molecule has 0 unspecified atom stereocenters. The molecule has 3 heterocycles. The Labute approximate surface area is 137 Å². The summed E-state index contributed by atoms with van der Waals surface area (Å²) in [6, 6.07) is 4.76. The number of aromatic nitrogens is 4. The zero-order chi connectivity index (χ0) is 16.5. The molecule has 0 radical (unpaired) electrons. The maximum atomic E-state index is 13.4. The molecule has 0 amide bonds. The van der Waals surface area contributed by atoms with Crippen LogP contribution in [0.2, 0.25) is 0 Å². The molecular formula is C16H16FN5O2. The molecule has 0 spiro atoms. The summed E-state index contributed by atoms with van der Waals surface area (Å²) in [5.74, 6) is 0.870. The van der Waals surface area contributed by atoms with Gasteiger partial charge in [0, 0.05) is 12.1 Å². The van der Waals surface area contributed by atoms with E-state index in [1.807, 2.05) is 13.1 Å². The van der Waals surface area contributed by atoms with Crippen molar-refractivity contribution in [3.63, 3.8) is 0 Å². The molecular weight excluding hydrogens is 313 g/mol. The highest BCUT2D eigenvalue weighted by molar-refractivity contribution is 5.58. The minimum absolute atomic E-state index is 0.288. The van der Waals surface area contributed by atoms with E-state index in [1.165, 1.54) is 12.1 Å². The monoisotopic (exact) mass is 329 g/mol. The molecule has 1 N–H and O–H groups in total. The van der Waals surface area contributed by atoms with Gasteiger partial charge in [-0.05, 0) is 24.6 Å². The number of hydrogen-bond acceptors (Lipinski definition) is 6. The normalized spacial score (nSPS) is 13.8. The van der Waals surface area contributed by atoms with Crippen molar-refractivity contribution in [1.82, 2.24) is 19.7 Å². The van der Waals surface area contributed by atoms with Crippen LogP contribution in [0.4, 0.5) is 10.4 Å². The standard InChI is InChI=1S/C16H16FN5O2/c1-10-2-3-11(17)6-13(10)15-20-21-16(24-15)19-8-12-7-18-14-9-23-5-4-22(12)14/h2-3,6-7H,4-5,8-9H2,1H3,(H,19,21). The van der Waals surface area contributed by atoms with Gasteiger partial charge < -0.3 is 19.0 Å². The summed E-state index contributed by atoms with van der Waals surface area (Å²) in [6.45, 7) is 4.37. The third-order valence-corrected chi connectivity index (χ3v) is 3.99. The third-order valence-electron chi connectivity index (χ3n) is 3.99. The quantitative estimate of drug-likeness (QED) is 0.792. The van der Waals surface area contributed by atoms with Gasteiger partial charge in [-0.1, -0.05) is 11.2 Å². The number of nitrogens with one attached hydrogen (secondary N) is 1. The molecule has 7 nitrogen and oxygen atoms in total. The molecule has 124 valence electrons. The fourth-order valence-electron chi connectivity index (χ4n) is 2.70. The second-order valence-corrected chi connectivity index (χ2v) is 5.60. The Kier molecular flexibility index (Phi) is 3.73. The van der Waals surface area contributed by atoms with Crippen molar-refractivity contribution in [2.24, 2.45) is 0 Å². The van der Waals surface area contributed by atoms with Crippen LogP contribution in [0.3, 0.4) is 0 Å². The van der Waals surface area contributed by atoms with Gasteiger partial charge in [0.15, 0.2) is 0 Å². The predicted octanol–water partition coefficient (Wildman–Crippen LogP) is 2.52. The summed E-state index contributed by atoms with van der Waals surface area (Å²) in [5, 5.41) is 11.0. The van der Waals surface area contributed by atoms with Crippen LogP contribution in [0.15, 0.2) is 28.8 Å². The fourth-order valence-corrected chi connectivity index (χ4v) is 2.70. The van der Waals surface area contributed by atoms with Crippen molar-refractivity contribution < 1.29 is 13.5 Å². The molecule has 3 aromatic rings. The molecule has 4 rings (SSSR count). The van der Waals surface area contributed by atoms with Gasteiger partial charge in [-0.15, -0.1) is 5.10 Å². The number of aryl methyl sites for hydroxylation is 1. The molecule has 0 atom stereocenters. The van der Waals surface area contributed by atoms with Crippen LogP contribution in [-0.4, -0.2) is 26.4 Å². The van der Waals surface area contributed by atoms with Gasteiger partial charge >= 0.3 is 6.01 Å². The lowest BCUT2D eigenvalue weighted by Gasteiger charge is -2.16. The van der Waals surface area contributed by atoms with Gasteiger partial charge in [-0.2, -0.15) is 0 Å². The zero-order valence-electron chi connectivity index (χ0n) is 13.1. The smallest absolute Gasteiger partial charge is 0.316 e. The first-order valence-electron chi connectivity index (χ1n) is 7.65. The van der Waals surface area contributed by atoms with Gasteiger partial charge in [-0.3, -0.25) is 0 Å². The average molecular weight is 329 g/mol. The molecule has 1 aliphatic rings. The Morgan fingerprint density at radius 2 is 2.25 bits per heavy atom. The first kappa shape index (κ1) is 14.8. The van der Waals surface area contributed by atoms with Crippen LogP contribution >= 0.6 is 0 Å². The number of rotatable bonds is 4. The number of halogens is 1. The Hall–Kier alpha value is -2.74. The summed E-state index contributed by atoms with van der Waals surface area (Å²) in [5.41, 5.74) is 2.49. The molecule has 1 aliphatic heterocycles. The second kappa shape index (κ2) is 6.04. The molecule has 0 bridgehead atoms. The van der Waals surface area contributed by atoms with Crippen molar-refractivity contribution >= 4 is 6.01 Å². The summed E-state index contributed by atoms with van der Waals surface area (Å²) >= 11 is 0. The highest BCUT2D eigenvalue weighted by atomic mass is 19.1. The summed E-state index contributed by atoms with van der Waals surface area (Å²) in [6.07, 6.45) is 1.81. The molecule has 8 heteroatoms. The molecule has 0 aliphatic carbocycles. The lowest BCUT2D eigenvalue weighted by atomic mass is 10.1. The molecule has 2 aromatic heterocycles. The zero-order valence-corrected chi connectivity index (χ0v) is 13.1. The van der Waals surface area contributed by atoms with Crippen LogP contribution in [0.25, 0.3) is 11.5 Å². The Morgan fingerprint density at radius 3 is 3.17 bits per heavy atom. The minimum atomic E-state index is -0.337. The van der Waals surface area contributed by atoms with Crippen LogP contribution in [0, 0.1) is 12.7 Å². The van der Waals surface area contributed by atoms with Gasteiger partial charge in [-0.25, -0.2) is 9.37 Å². The number of fused-ring (bicyclic) bond motifs is 1. The first-order chi connectivity index (χ1) is 11.7. The Bertz CT molecular complexity index is 873. The Balaban J connectivity index is 1.50. The fraction of sp³-hybridized carbons (Fsp3) is 0.312. The van der Waals surface area contributed by atoms with Crippen LogP contribution in [-0.2, 0) is 24.4 Å². The summed E-state index contributed by atoms with van der Waals surface area (Å²) < 4.78 is 26.5. The SMILES string of the molecule is Cc1ccc(F)cc1-c1nnc(NCc2cnc3n2CCOC3)o1. The summed E-state index contributed by atoms with van der Waals surface area (Å²) in [7, 11) is 0. The van der Waals surface area contributed by atoms with E-state index in [1.54, 1.807) is 6.07 Å². The molecule has 0 saturated heterocycles. The maximum absolute atomic E-state index is 13.4.